The number of carbonyl (C=O) groups is 1. The minimum Gasteiger partial charge on any atom is -0.493 e. The van der Waals surface area contributed by atoms with Gasteiger partial charge in [0.25, 0.3) is 5.56 Å². The molecule has 0 saturated heterocycles. The minimum absolute atomic E-state index is 0.0593. The number of thiazole rings is 1. The van der Waals surface area contributed by atoms with Crippen LogP contribution in [0.1, 0.15) is 31.0 Å². The number of methoxy groups -OCH3 is 2. The molecule has 0 bridgehead atoms. The Labute approximate surface area is 228 Å². The Morgan fingerprint density at radius 3 is 2.77 bits per heavy atom. The molecule has 2 aliphatic heterocycles. The second-order valence-electron chi connectivity index (χ2n) is 8.63. The van der Waals surface area contributed by atoms with E-state index in [1.54, 1.807) is 38.3 Å². The molecule has 2 aromatic carbocycles. The molecule has 1 aromatic heterocycles. The number of para-hydroxylation sites is 1. The van der Waals surface area contributed by atoms with Gasteiger partial charge in [0.05, 0.1) is 36.1 Å². The fourth-order valence-electron chi connectivity index (χ4n) is 4.53. The molecule has 3 aromatic rings. The SMILES string of the molecule is CCOc1c(OC)cccc1[C@@H]1C(C(=O)OCCOC)=C(C)N=c2s/c(=C/c3ccc4c(c3)OCO4)c(=O)n21. The van der Waals surface area contributed by atoms with E-state index in [0.717, 1.165) is 5.56 Å². The highest BCUT2D eigenvalue weighted by atomic mass is 32.1. The number of carbonyl (C=O) groups excluding carboxylic acids is 1. The monoisotopic (exact) mass is 552 g/mol. The van der Waals surface area contributed by atoms with E-state index in [4.69, 9.17) is 28.4 Å². The van der Waals surface area contributed by atoms with Crippen LogP contribution in [0.4, 0.5) is 0 Å². The molecule has 10 nitrogen and oxygen atoms in total. The number of rotatable bonds is 9. The lowest BCUT2D eigenvalue weighted by Gasteiger charge is -2.27. The summed E-state index contributed by atoms with van der Waals surface area (Å²) >= 11 is 1.23. The standard InChI is InChI=1S/C28H28N2O8S/c1-5-35-25-18(7-6-8-20(25)34-4)24-23(27(32)36-12-11-33-3)16(2)29-28-30(24)26(31)22(39-28)14-17-9-10-19-21(13-17)38-15-37-19/h6-10,13-14,24H,5,11-12,15H2,1-4H3/b22-14+/t24-/m1/s1. The second-order valence-corrected chi connectivity index (χ2v) is 9.64. The number of hydrogen-bond donors (Lipinski definition) is 0. The van der Waals surface area contributed by atoms with Crippen LogP contribution in [0.2, 0.25) is 0 Å². The van der Waals surface area contributed by atoms with E-state index in [2.05, 4.69) is 4.99 Å². The average Bonchev–Trinajstić information content (AvgIpc) is 3.52. The van der Waals surface area contributed by atoms with Crippen LogP contribution in [0.5, 0.6) is 23.0 Å². The first-order valence-electron chi connectivity index (χ1n) is 12.3. The predicted molar refractivity (Wildman–Crippen MR) is 143 cm³/mol. The Kier molecular flexibility index (Phi) is 7.71. The molecule has 3 heterocycles. The molecule has 0 N–H and O–H groups in total. The number of esters is 1. The van der Waals surface area contributed by atoms with Gasteiger partial charge in [-0.3, -0.25) is 9.36 Å². The first-order valence-corrected chi connectivity index (χ1v) is 13.2. The van der Waals surface area contributed by atoms with Crippen molar-refractivity contribution in [2.45, 2.75) is 19.9 Å². The van der Waals surface area contributed by atoms with Crippen LogP contribution >= 0.6 is 11.3 Å². The number of fused-ring (bicyclic) bond motifs is 2. The molecule has 0 aliphatic carbocycles. The van der Waals surface area contributed by atoms with Crippen molar-refractivity contribution in [1.82, 2.24) is 4.57 Å². The molecule has 0 radical (unpaired) electrons. The summed E-state index contributed by atoms with van der Waals surface area (Å²) in [5.74, 6) is 1.60. The Morgan fingerprint density at radius 1 is 1.18 bits per heavy atom. The lowest BCUT2D eigenvalue weighted by molar-refractivity contribution is -0.140. The van der Waals surface area contributed by atoms with Gasteiger partial charge in [-0.2, -0.15) is 0 Å². The van der Waals surface area contributed by atoms with E-state index < -0.39 is 12.0 Å². The van der Waals surface area contributed by atoms with E-state index in [0.29, 0.717) is 50.2 Å². The topological polar surface area (TPSA) is 107 Å². The Bertz CT molecular complexity index is 1620. The lowest BCUT2D eigenvalue weighted by Crippen LogP contribution is -2.40. The van der Waals surface area contributed by atoms with Gasteiger partial charge in [0.15, 0.2) is 27.8 Å². The molecule has 2 aliphatic rings. The van der Waals surface area contributed by atoms with Crippen LogP contribution < -0.4 is 33.8 Å². The fraction of sp³-hybridized carbons (Fsp3) is 0.321. The van der Waals surface area contributed by atoms with Gasteiger partial charge in [-0.05, 0) is 43.7 Å². The summed E-state index contributed by atoms with van der Waals surface area (Å²) in [7, 11) is 3.07. The fourth-order valence-corrected chi connectivity index (χ4v) is 5.58. The van der Waals surface area contributed by atoms with Gasteiger partial charge in [-0.25, -0.2) is 9.79 Å². The van der Waals surface area contributed by atoms with Crippen LogP contribution in [0, 0.1) is 0 Å². The third-order valence-electron chi connectivity index (χ3n) is 6.27. The largest absolute Gasteiger partial charge is 0.493 e. The maximum atomic E-state index is 14.0. The van der Waals surface area contributed by atoms with Crippen molar-refractivity contribution in [1.29, 1.82) is 0 Å². The minimum atomic E-state index is -0.855. The number of aromatic nitrogens is 1. The van der Waals surface area contributed by atoms with Crippen LogP contribution in [-0.2, 0) is 14.3 Å². The van der Waals surface area contributed by atoms with Gasteiger partial charge >= 0.3 is 5.97 Å². The molecule has 0 saturated carbocycles. The summed E-state index contributed by atoms with van der Waals surface area (Å²) in [5, 5.41) is 0. The van der Waals surface area contributed by atoms with Crippen molar-refractivity contribution < 1.29 is 33.2 Å². The van der Waals surface area contributed by atoms with Crippen LogP contribution in [0.25, 0.3) is 6.08 Å². The normalized spacial score (nSPS) is 16.1. The molecular formula is C28H28N2O8S. The van der Waals surface area contributed by atoms with Crippen molar-refractivity contribution in [3.05, 3.63) is 78.5 Å². The van der Waals surface area contributed by atoms with Crippen molar-refractivity contribution in [2.75, 3.05) is 40.8 Å². The summed E-state index contributed by atoms with van der Waals surface area (Å²) in [6, 6.07) is 9.99. The number of allylic oxidation sites excluding steroid dienone is 1. The summed E-state index contributed by atoms with van der Waals surface area (Å²) in [6.07, 6.45) is 1.77. The number of hydrogen-bond acceptors (Lipinski definition) is 10. The van der Waals surface area contributed by atoms with Gasteiger partial charge < -0.3 is 28.4 Å². The third kappa shape index (κ3) is 5.02. The zero-order valence-electron chi connectivity index (χ0n) is 22.0. The quantitative estimate of drug-likeness (QED) is 0.295. The van der Waals surface area contributed by atoms with Crippen LogP contribution in [0.15, 0.2) is 57.5 Å². The molecule has 0 fully saturated rings. The maximum absolute atomic E-state index is 14.0. The molecule has 5 rings (SSSR count). The Morgan fingerprint density at radius 2 is 2.00 bits per heavy atom. The van der Waals surface area contributed by atoms with Gasteiger partial charge in [0, 0.05) is 12.7 Å². The third-order valence-corrected chi connectivity index (χ3v) is 7.25. The molecule has 204 valence electrons. The number of benzene rings is 2. The maximum Gasteiger partial charge on any atom is 0.338 e. The number of nitrogens with zero attached hydrogens (tertiary/aromatic N) is 2. The first kappa shape index (κ1) is 26.5. The van der Waals surface area contributed by atoms with E-state index in [-0.39, 0.29) is 31.1 Å². The van der Waals surface area contributed by atoms with E-state index in [9.17, 15) is 9.59 Å². The van der Waals surface area contributed by atoms with Gasteiger partial charge in [-0.1, -0.05) is 29.5 Å². The Hall–Kier alpha value is -4.09. The van der Waals surface area contributed by atoms with Crippen molar-refractivity contribution >= 4 is 23.4 Å². The molecular weight excluding hydrogens is 524 g/mol. The smallest absolute Gasteiger partial charge is 0.338 e. The molecule has 0 unspecified atom stereocenters. The lowest BCUT2D eigenvalue weighted by atomic mass is 9.94. The highest BCUT2D eigenvalue weighted by molar-refractivity contribution is 7.07. The molecule has 0 amide bonds. The Balaban J connectivity index is 1.70. The van der Waals surface area contributed by atoms with Crippen LogP contribution in [0.3, 0.4) is 0 Å². The number of ether oxygens (including phenoxy) is 6. The molecule has 0 spiro atoms. The average molecular weight is 553 g/mol. The summed E-state index contributed by atoms with van der Waals surface area (Å²) in [4.78, 5) is 32.5. The summed E-state index contributed by atoms with van der Waals surface area (Å²) in [5.41, 5.74) is 1.74. The second kappa shape index (κ2) is 11.3. The summed E-state index contributed by atoms with van der Waals surface area (Å²) < 4.78 is 34.9. The zero-order chi connectivity index (χ0) is 27.5. The van der Waals surface area contributed by atoms with E-state index >= 15 is 0 Å². The van der Waals surface area contributed by atoms with Gasteiger partial charge in [0.1, 0.15) is 12.6 Å². The van der Waals surface area contributed by atoms with E-state index in [1.807, 2.05) is 25.1 Å². The summed E-state index contributed by atoms with van der Waals surface area (Å²) in [6.45, 7) is 4.40. The predicted octanol–water partition coefficient (Wildman–Crippen LogP) is 2.56. The highest BCUT2D eigenvalue weighted by Gasteiger charge is 2.36. The zero-order valence-corrected chi connectivity index (χ0v) is 22.8. The highest BCUT2D eigenvalue weighted by Crippen LogP contribution is 2.41. The van der Waals surface area contributed by atoms with Crippen molar-refractivity contribution in [2.24, 2.45) is 4.99 Å². The van der Waals surface area contributed by atoms with Gasteiger partial charge in [0.2, 0.25) is 6.79 Å². The molecule has 39 heavy (non-hydrogen) atoms. The van der Waals surface area contributed by atoms with Crippen molar-refractivity contribution in [3.63, 3.8) is 0 Å². The molecule has 1 atom stereocenters. The van der Waals surface area contributed by atoms with Crippen molar-refractivity contribution in [3.8, 4) is 23.0 Å². The van der Waals surface area contributed by atoms with E-state index in [1.165, 1.54) is 23.0 Å². The first-order chi connectivity index (χ1) is 19.0. The van der Waals surface area contributed by atoms with Crippen LogP contribution in [-0.4, -0.2) is 51.4 Å². The molecule has 11 heteroatoms. The van der Waals surface area contributed by atoms with Gasteiger partial charge in [-0.15, -0.1) is 0 Å².